The molecule has 0 aromatic rings. The molecule has 4 saturated carbocycles. The Labute approximate surface area is 220 Å². The molecule has 0 spiro atoms. The van der Waals surface area contributed by atoms with Crippen LogP contribution < -0.4 is 0 Å². The Hall–Kier alpha value is -0.870. The molecule has 36 heavy (non-hydrogen) atoms. The number of ether oxygens (including phenoxy) is 1. The van der Waals surface area contributed by atoms with Gasteiger partial charge in [-0.15, -0.1) is 0 Å². The maximum Gasteiger partial charge on any atom is 0.306 e. The van der Waals surface area contributed by atoms with Gasteiger partial charge in [-0.1, -0.05) is 58.6 Å². The van der Waals surface area contributed by atoms with E-state index in [1.807, 2.05) is 0 Å². The average Bonchev–Trinajstić information content (AvgIpc) is 3.14. The van der Waals surface area contributed by atoms with Gasteiger partial charge in [-0.05, 0) is 112 Å². The van der Waals surface area contributed by atoms with Crippen LogP contribution >= 0.6 is 0 Å². The quantitative estimate of drug-likeness (QED) is 0.188. The number of esters is 1. The summed E-state index contributed by atoms with van der Waals surface area (Å²) in [5.74, 6) is 2.08. The van der Waals surface area contributed by atoms with Crippen molar-refractivity contribution >= 4 is 5.97 Å². The predicted molar refractivity (Wildman–Crippen MR) is 145 cm³/mol. The van der Waals surface area contributed by atoms with Crippen LogP contribution in [0.2, 0.25) is 0 Å². The van der Waals surface area contributed by atoms with Crippen LogP contribution in [0.5, 0.6) is 0 Å². The molecular formula is C32H54O4. The second-order valence-corrected chi connectivity index (χ2v) is 13.7. The predicted octanol–water partition coefficient (Wildman–Crippen LogP) is 7.22. The molecule has 7 unspecified atom stereocenters. The highest BCUT2D eigenvalue weighted by Crippen LogP contribution is 2.67. The normalized spacial score (nSPS) is 44.2. The van der Waals surface area contributed by atoms with E-state index in [2.05, 4.69) is 39.8 Å². The molecule has 2 N–H and O–H groups in total. The van der Waals surface area contributed by atoms with Crippen LogP contribution in [0, 0.1) is 40.4 Å². The number of allylic oxidation sites excluding steroid dienone is 2. The molecule has 0 aliphatic heterocycles. The smallest absolute Gasteiger partial charge is 0.306 e. The van der Waals surface area contributed by atoms with Crippen molar-refractivity contribution in [2.24, 2.45) is 40.4 Å². The van der Waals surface area contributed by atoms with Crippen molar-refractivity contribution in [1.82, 2.24) is 0 Å². The first-order valence-corrected chi connectivity index (χ1v) is 15.4. The number of aliphatic hydroxyl groups excluding tert-OH is 2. The zero-order valence-electron chi connectivity index (χ0n) is 23.6. The maximum atomic E-state index is 12.6. The fourth-order valence-electron chi connectivity index (χ4n) is 9.30. The Morgan fingerprint density at radius 3 is 2.39 bits per heavy atom. The van der Waals surface area contributed by atoms with Crippen molar-refractivity contribution < 1.29 is 19.7 Å². The lowest BCUT2D eigenvalue weighted by Crippen LogP contribution is -2.61. The monoisotopic (exact) mass is 502 g/mol. The molecule has 4 heteroatoms. The van der Waals surface area contributed by atoms with Crippen LogP contribution in [0.25, 0.3) is 0 Å². The van der Waals surface area contributed by atoms with Gasteiger partial charge in [-0.25, -0.2) is 0 Å². The molecule has 4 rings (SSSR count). The topological polar surface area (TPSA) is 66.8 Å². The third-order valence-corrected chi connectivity index (χ3v) is 11.3. The fraction of sp³-hybridized carbons (Fsp3) is 0.906. The Balaban J connectivity index is 1.25. The van der Waals surface area contributed by atoms with E-state index in [4.69, 9.17) is 4.74 Å². The highest BCUT2D eigenvalue weighted by Gasteiger charge is 2.64. The first-order chi connectivity index (χ1) is 17.2. The van der Waals surface area contributed by atoms with Gasteiger partial charge in [0.1, 0.15) is 6.10 Å². The summed E-state index contributed by atoms with van der Waals surface area (Å²) in [5.41, 5.74) is 0.0950. The van der Waals surface area contributed by atoms with Gasteiger partial charge in [0.05, 0.1) is 12.2 Å². The zero-order chi connectivity index (χ0) is 25.9. The standard InChI is InChI=1S/C32H54O4/c1-5-6-7-8-9-10-11-12-13-14-29(35)36-24-15-16-31(3)23(18-24)19-27(33)30-25-17-22(2)21-32(25,4)28(34)20-26(30)31/h5-6,22-28,30,33-34H,7-21H2,1-4H3/t22?,23?,24-,25-,26?,27?,28?,30+,31?,32?/m1/s1. The summed E-state index contributed by atoms with van der Waals surface area (Å²) < 4.78 is 5.97. The van der Waals surface area contributed by atoms with E-state index in [-0.39, 0.29) is 35.1 Å². The number of hydrogen-bond donors (Lipinski definition) is 2. The van der Waals surface area contributed by atoms with Gasteiger partial charge in [-0.2, -0.15) is 0 Å². The molecule has 4 fully saturated rings. The van der Waals surface area contributed by atoms with Crippen molar-refractivity contribution in [3.63, 3.8) is 0 Å². The molecule has 4 aliphatic carbocycles. The number of carbonyl (C=O) groups excluding carboxylic acids is 1. The fourth-order valence-corrected chi connectivity index (χ4v) is 9.30. The van der Waals surface area contributed by atoms with E-state index in [0.29, 0.717) is 36.0 Å². The second-order valence-electron chi connectivity index (χ2n) is 13.7. The van der Waals surface area contributed by atoms with Crippen LogP contribution in [0.1, 0.15) is 124 Å². The number of aliphatic hydroxyl groups is 2. The van der Waals surface area contributed by atoms with Gasteiger partial charge in [0.2, 0.25) is 0 Å². The van der Waals surface area contributed by atoms with E-state index in [0.717, 1.165) is 57.8 Å². The molecule has 0 aromatic heterocycles. The second kappa shape index (κ2) is 11.9. The lowest BCUT2D eigenvalue weighted by atomic mass is 9.44. The molecule has 0 radical (unpaired) electrons. The Bertz CT molecular complexity index is 763. The molecule has 0 heterocycles. The summed E-state index contributed by atoms with van der Waals surface area (Å²) in [4.78, 5) is 12.6. The van der Waals surface area contributed by atoms with E-state index >= 15 is 0 Å². The van der Waals surface area contributed by atoms with E-state index in [1.54, 1.807) is 0 Å². The minimum atomic E-state index is -0.289. The lowest BCUT2D eigenvalue weighted by molar-refractivity contribution is -0.200. The SMILES string of the molecule is CC=CCCCCCCCCC(=O)O[C@@H]1CCC2(C)C(CC(O)[C@@H]3C2CC(O)C2(C)CC(C)C[C@H]32)C1. The van der Waals surface area contributed by atoms with Crippen molar-refractivity contribution in [3.8, 4) is 0 Å². The van der Waals surface area contributed by atoms with Gasteiger partial charge in [0.25, 0.3) is 0 Å². The largest absolute Gasteiger partial charge is 0.462 e. The molecule has 4 aliphatic rings. The lowest BCUT2D eigenvalue weighted by Gasteiger charge is -2.62. The first-order valence-electron chi connectivity index (χ1n) is 15.4. The minimum Gasteiger partial charge on any atom is -0.462 e. The molecule has 10 atom stereocenters. The van der Waals surface area contributed by atoms with Gasteiger partial charge >= 0.3 is 5.97 Å². The summed E-state index contributed by atoms with van der Waals surface area (Å²) in [7, 11) is 0. The number of carbonyl (C=O) groups is 1. The molecule has 0 saturated heterocycles. The number of hydrogen-bond acceptors (Lipinski definition) is 4. The molecule has 0 amide bonds. The highest BCUT2D eigenvalue weighted by molar-refractivity contribution is 5.69. The van der Waals surface area contributed by atoms with Crippen molar-refractivity contribution in [2.75, 3.05) is 0 Å². The van der Waals surface area contributed by atoms with E-state index < -0.39 is 0 Å². The molecule has 0 aromatic carbocycles. The first kappa shape index (κ1) is 28.1. The average molecular weight is 503 g/mol. The summed E-state index contributed by atoms with van der Waals surface area (Å²) in [6, 6.07) is 0. The number of rotatable bonds is 10. The van der Waals surface area contributed by atoms with Crippen LogP contribution in [-0.2, 0) is 9.53 Å². The third kappa shape index (κ3) is 5.75. The summed E-state index contributed by atoms with van der Waals surface area (Å²) in [6.45, 7) is 9.10. The Morgan fingerprint density at radius 1 is 0.944 bits per heavy atom. The third-order valence-electron chi connectivity index (χ3n) is 11.3. The van der Waals surface area contributed by atoms with Crippen LogP contribution in [-0.4, -0.2) is 34.5 Å². The van der Waals surface area contributed by atoms with E-state index in [1.165, 1.54) is 32.1 Å². The van der Waals surface area contributed by atoms with Gasteiger partial charge in [-0.3, -0.25) is 4.79 Å². The number of fused-ring (bicyclic) bond motifs is 5. The Morgan fingerprint density at radius 2 is 1.64 bits per heavy atom. The van der Waals surface area contributed by atoms with Crippen LogP contribution in [0.3, 0.4) is 0 Å². The van der Waals surface area contributed by atoms with Gasteiger partial charge in [0.15, 0.2) is 0 Å². The molecule has 206 valence electrons. The van der Waals surface area contributed by atoms with Crippen molar-refractivity contribution in [1.29, 1.82) is 0 Å². The van der Waals surface area contributed by atoms with Crippen molar-refractivity contribution in [2.45, 2.75) is 142 Å². The molecule has 0 bridgehead atoms. The van der Waals surface area contributed by atoms with Crippen LogP contribution in [0.15, 0.2) is 12.2 Å². The summed E-state index contributed by atoms with van der Waals surface area (Å²) in [5, 5.41) is 22.7. The maximum absolute atomic E-state index is 12.6. The zero-order valence-corrected chi connectivity index (χ0v) is 23.6. The van der Waals surface area contributed by atoms with Gasteiger partial charge < -0.3 is 14.9 Å². The number of unbranched alkanes of at least 4 members (excludes halogenated alkanes) is 6. The summed E-state index contributed by atoms with van der Waals surface area (Å²) in [6.07, 6.45) is 19.3. The minimum absolute atomic E-state index is 0.00349. The van der Waals surface area contributed by atoms with E-state index in [9.17, 15) is 15.0 Å². The summed E-state index contributed by atoms with van der Waals surface area (Å²) >= 11 is 0. The van der Waals surface area contributed by atoms with Crippen LogP contribution in [0.4, 0.5) is 0 Å². The van der Waals surface area contributed by atoms with Crippen molar-refractivity contribution in [3.05, 3.63) is 12.2 Å². The highest BCUT2D eigenvalue weighted by atomic mass is 16.5. The molecule has 4 nitrogen and oxygen atoms in total. The Kier molecular flexibility index (Phi) is 9.30. The van der Waals surface area contributed by atoms with Gasteiger partial charge in [0, 0.05) is 6.42 Å². The molecular weight excluding hydrogens is 448 g/mol.